The molecule has 6 rings (SSSR count). The molecule has 0 saturated heterocycles. The van der Waals surface area contributed by atoms with Gasteiger partial charge in [-0.05, 0) is 23.8 Å². The van der Waals surface area contributed by atoms with Gasteiger partial charge in [0, 0.05) is 17.7 Å². The van der Waals surface area contributed by atoms with Crippen molar-refractivity contribution < 1.29 is 8.83 Å². The highest BCUT2D eigenvalue weighted by Crippen LogP contribution is 2.27. The molecule has 0 saturated carbocycles. The lowest BCUT2D eigenvalue weighted by molar-refractivity contribution is 0.462. The number of nitrogens with zero attached hydrogens (tertiary/aromatic N) is 5. The van der Waals surface area contributed by atoms with Gasteiger partial charge in [0.1, 0.15) is 0 Å². The van der Waals surface area contributed by atoms with E-state index in [2.05, 4.69) is 15.3 Å². The molecular formula is C26H19N5O4S. The molecule has 0 radical (unpaired) electrons. The Labute approximate surface area is 208 Å². The van der Waals surface area contributed by atoms with Crippen LogP contribution in [0.1, 0.15) is 5.56 Å². The first-order chi connectivity index (χ1) is 17.7. The number of hydrogen-bond acceptors (Lipinski definition) is 8. The first-order valence-electron chi connectivity index (χ1n) is 11.3. The normalized spacial score (nSPS) is 11.4. The van der Waals surface area contributed by atoms with E-state index in [1.54, 1.807) is 16.7 Å². The Morgan fingerprint density at radius 2 is 1.56 bits per heavy atom. The number of para-hydroxylation sites is 2. The Kier molecular flexibility index (Phi) is 5.70. The van der Waals surface area contributed by atoms with E-state index in [0.717, 1.165) is 11.1 Å². The summed E-state index contributed by atoms with van der Waals surface area (Å²) in [7, 11) is 0. The minimum atomic E-state index is -0.403. The van der Waals surface area contributed by atoms with Crippen LogP contribution in [-0.2, 0) is 13.1 Å². The summed E-state index contributed by atoms with van der Waals surface area (Å²) < 4.78 is 14.2. The predicted molar refractivity (Wildman–Crippen MR) is 136 cm³/mol. The molecule has 0 aliphatic rings. The van der Waals surface area contributed by atoms with E-state index >= 15 is 0 Å². The zero-order chi connectivity index (χ0) is 24.5. The van der Waals surface area contributed by atoms with Gasteiger partial charge < -0.3 is 8.83 Å². The van der Waals surface area contributed by atoms with Crippen LogP contribution in [0.15, 0.2) is 103 Å². The highest BCUT2D eigenvalue weighted by Gasteiger charge is 2.18. The first kappa shape index (κ1) is 22.1. The summed E-state index contributed by atoms with van der Waals surface area (Å²) >= 11 is 1.33. The first-order valence-corrected chi connectivity index (χ1v) is 12.2. The smallest absolute Gasteiger partial charge is 0.410 e. The molecule has 0 aliphatic carbocycles. The van der Waals surface area contributed by atoms with E-state index < -0.39 is 5.76 Å². The molecular weight excluding hydrogens is 478 g/mol. The fourth-order valence-electron chi connectivity index (χ4n) is 4.07. The van der Waals surface area contributed by atoms with Gasteiger partial charge in [0.25, 0.3) is 16.7 Å². The third-order valence-corrected chi connectivity index (χ3v) is 6.56. The number of oxazole rings is 1. The molecule has 0 atom stereocenters. The van der Waals surface area contributed by atoms with E-state index in [4.69, 9.17) is 8.83 Å². The third-order valence-electron chi connectivity index (χ3n) is 5.77. The average Bonchev–Trinajstić information content (AvgIpc) is 3.50. The van der Waals surface area contributed by atoms with Crippen molar-refractivity contribution in [1.82, 2.24) is 24.5 Å². The topological polar surface area (TPSA) is 109 Å². The molecule has 3 aromatic carbocycles. The van der Waals surface area contributed by atoms with E-state index in [0.29, 0.717) is 46.1 Å². The van der Waals surface area contributed by atoms with Gasteiger partial charge in [-0.2, -0.15) is 5.10 Å². The van der Waals surface area contributed by atoms with Gasteiger partial charge in [0.05, 0.1) is 17.4 Å². The average molecular weight is 498 g/mol. The Morgan fingerprint density at radius 3 is 2.42 bits per heavy atom. The SMILES string of the molecule is O=c1c2ccccc2c(-c2nnc(SCCn3c(=O)oc4ccccc43)o2)nn1Cc1ccccc1. The molecule has 10 heteroatoms. The van der Waals surface area contributed by atoms with Crippen LogP contribution in [0, 0.1) is 0 Å². The van der Waals surface area contributed by atoms with E-state index in [1.165, 1.54) is 16.4 Å². The van der Waals surface area contributed by atoms with Crippen molar-refractivity contribution >= 4 is 33.6 Å². The van der Waals surface area contributed by atoms with Crippen LogP contribution in [0.5, 0.6) is 0 Å². The lowest BCUT2D eigenvalue weighted by Gasteiger charge is -2.09. The maximum atomic E-state index is 13.1. The van der Waals surface area contributed by atoms with Crippen molar-refractivity contribution in [1.29, 1.82) is 0 Å². The van der Waals surface area contributed by atoms with Crippen molar-refractivity contribution in [2.24, 2.45) is 0 Å². The summed E-state index contributed by atoms with van der Waals surface area (Å²) in [5.74, 6) is 0.341. The zero-order valence-corrected chi connectivity index (χ0v) is 19.7. The molecule has 0 bridgehead atoms. The third kappa shape index (κ3) is 4.11. The molecule has 0 fully saturated rings. The van der Waals surface area contributed by atoms with Crippen LogP contribution >= 0.6 is 11.8 Å². The number of thioether (sulfide) groups is 1. The van der Waals surface area contributed by atoms with Crippen molar-refractivity contribution in [3.63, 3.8) is 0 Å². The second-order valence-electron chi connectivity index (χ2n) is 8.05. The standard InChI is InChI=1S/C26H19N5O4S/c32-24-19-11-5-4-10-18(19)22(29-31(24)16-17-8-2-1-3-9-17)23-27-28-25(35-23)36-15-14-30-20-12-6-7-13-21(20)34-26(30)33/h1-13H,14-16H2. The van der Waals surface area contributed by atoms with Crippen molar-refractivity contribution in [3.05, 3.63) is 105 Å². The fourth-order valence-corrected chi connectivity index (χ4v) is 4.76. The molecule has 3 heterocycles. The summed E-state index contributed by atoms with van der Waals surface area (Å²) in [5.41, 5.74) is 2.50. The minimum absolute atomic E-state index is 0.190. The van der Waals surface area contributed by atoms with Gasteiger partial charge in [-0.3, -0.25) is 9.36 Å². The molecule has 0 amide bonds. The number of fused-ring (bicyclic) bond motifs is 2. The molecule has 0 N–H and O–H groups in total. The number of rotatable bonds is 7. The highest BCUT2D eigenvalue weighted by atomic mass is 32.2. The lowest BCUT2D eigenvalue weighted by Crippen LogP contribution is -2.24. The molecule has 3 aromatic heterocycles. The summed E-state index contributed by atoms with van der Waals surface area (Å²) in [6.45, 7) is 0.738. The molecule has 36 heavy (non-hydrogen) atoms. The van der Waals surface area contributed by atoms with Gasteiger partial charge in [-0.15, -0.1) is 10.2 Å². The van der Waals surface area contributed by atoms with Crippen LogP contribution in [0.4, 0.5) is 0 Å². The molecule has 0 spiro atoms. The summed E-state index contributed by atoms with van der Waals surface area (Å²) in [6, 6.07) is 24.2. The second kappa shape index (κ2) is 9.31. The zero-order valence-electron chi connectivity index (χ0n) is 18.9. The van der Waals surface area contributed by atoms with E-state index in [-0.39, 0.29) is 11.4 Å². The number of aromatic nitrogens is 5. The maximum absolute atomic E-state index is 13.1. The fraction of sp³-hybridized carbons (Fsp3) is 0.115. The predicted octanol–water partition coefficient (Wildman–Crippen LogP) is 4.20. The maximum Gasteiger partial charge on any atom is 0.419 e. The molecule has 9 nitrogen and oxygen atoms in total. The largest absolute Gasteiger partial charge is 0.419 e. The lowest BCUT2D eigenvalue weighted by atomic mass is 10.1. The van der Waals surface area contributed by atoms with Crippen molar-refractivity contribution in [2.75, 3.05) is 5.75 Å². The second-order valence-corrected chi connectivity index (χ2v) is 9.10. The van der Waals surface area contributed by atoms with Crippen molar-refractivity contribution in [3.8, 4) is 11.6 Å². The van der Waals surface area contributed by atoms with Crippen LogP contribution in [0.2, 0.25) is 0 Å². The summed E-state index contributed by atoms with van der Waals surface area (Å²) in [6.07, 6.45) is 0. The van der Waals surface area contributed by atoms with Gasteiger partial charge in [-0.25, -0.2) is 9.48 Å². The monoisotopic (exact) mass is 497 g/mol. The van der Waals surface area contributed by atoms with Crippen molar-refractivity contribution in [2.45, 2.75) is 18.3 Å². The van der Waals surface area contributed by atoms with Crippen LogP contribution in [0.25, 0.3) is 33.5 Å². The number of hydrogen-bond donors (Lipinski definition) is 0. The van der Waals surface area contributed by atoms with Gasteiger partial charge >= 0.3 is 5.76 Å². The molecule has 178 valence electrons. The molecule has 0 unspecified atom stereocenters. The quantitative estimate of drug-likeness (QED) is 0.302. The van der Waals surface area contributed by atoms with Gasteiger partial charge in [-0.1, -0.05) is 72.4 Å². The van der Waals surface area contributed by atoms with E-state index in [1.807, 2.05) is 66.7 Å². The highest BCUT2D eigenvalue weighted by molar-refractivity contribution is 7.99. The Morgan fingerprint density at radius 1 is 0.806 bits per heavy atom. The Balaban J connectivity index is 1.28. The Hall–Kier alpha value is -4.44. The van der Waals surface area contributed by atoms with Crippen LogP contribution in [0.3, 0.4) is 0 Å². The minimum Gasteiger partial charge on any atom is -0.410 e. The van der Waals surface area contributed by atoms with Crippen LogP contribution < -0.4 is 11.3 Å². The number of aryl methyl sites for hydroxylation is 1. The molecule has 6 aromatic rings. The van der Waals surface area contributed by atoms with Crippen LogP contribution in [-0.4, -0.2) is 30.3 Å². The Bertz CT molecular complexity index is 1800. The van der Waals surface area contributed by atoms with E-state index in [9.17, 15) is 9.59 Å². The van der Waals surface area contributed by atoms with Gasteiger partial charge in [0.2, 0.25) is 0 Å². The number of benzene rings is 3. The van der Waals surface area contributed by atoms with Gasteiger partial charge in [0.15, 0.2) is 11.3 Å². The molecule has 0 aliphatic heterocycles. The summed E-state index contributed by atoms with van der Waals surface area (Å²) in [5, 5.41) is 14.4. The summed E-state index contributed by atoms with van der Waals surface area (Å²) in [4.78, 5) is 25.3.